The summed E-state index contributed by atoms with van der Waals surface area (Å²) in [5.41, 5.74) is 0.615. The van der Waals surface area contributed by atoms with Gasteiger partial charge >= 0.3 is 0 Å². The van der Waals surface area contributed by atoms with Crippen LogP contribution in [-0.2, 0) is 16.1 Å². The van der Waals surface area contributed by atoms with Gasteiger partial charge < -0.3 is 19.9 Å². The van der Waals surface area contributed by atoms with Crippen molar-refractivity contribution in [3.8, 4) is 0 Å². The molecule has 218 valence electrons. The first kappa shape index (κ1) is 29.6. The summed E-state index contributed by atoms with van der Waals surface area (Å²) in [5.74, 6) is -12.2. The van der Waals surface area contributed by atoms with Gasteiger partial charge in [-0.05, 0) is 29.3 Å². The summed E-state index contributed by atoms with van der Waals surface area (Å²) in [4.78, 5) is 20.8. The summed E-state index contributed by atoms with van der Waals surface area (Å²) in [6, 6.07) is 14.9. The zero-order chi connectivity index (χ0) is 29.8. The Kier molecular flexibility index (Phi) is 9.12. The van der Waals surface area contributed by atoms with Crippen LogP contribution in [0.5, 0.6) is 0 Å². The highest BCUT2D eigenvalue weighted by Crippen LogP contribution is 2.39. The first-order valence-electron chi connectivity index (χ1n) is 12.6. The van der Waals surface area contributed by atoms with Crippen molar-refractivity contribution in [3.63, 3.8) is 0 Å². The molecule has 42 heavy (non-hydrogen) atoms. The van der Waals surface area contributed by atoms with E-state index >= 15 is 0 Å². The van der Waals surface area contributed by atoms with Crippen LogP contribution in [0.1, 0.15) is 45.9 Å². The molecule has 2 N–H and O–H groups in total. The Bertz CT molecular complexity index is 1530. The van der Waals surface area contributed by atoms with Crippen LogP contribution in [0.2, 0.25) is 0 Å². The molecular formula is C29H22F5N3O4S. The fraction of sp³-hybridized carbons (Fsp3) is 0.207. The number of nitrogens with one attached hydrogen (secondary N) is 1. The highest BCUT2D eigenvalue weighted by Gasteiger charge is 2.33. The number of carbonyl (C=O) groups is 1. The Balaban J connectivity index is 1.33. The minimum absolute atomic E-state index is 0.0352. The van der Waals surface area contributed by atoms with Crippen molar-refractivity contribution in [1.82, 2.24) is 9.97 Å². The van der Waals surface area contributed by atoms with Crippen LogP contribution in [0.25, 0.3) is 0 Å². The molecule has 1 fully saturated rings. The maximum Gasteiger partial charge on any atom is 0.261 e. The van der Waals surface area contributed by atoms with Gasteiger partial charge in [-0.25, -0.2) is 31.9 Å². The third-order valence-corrected chi connectivity index (χ3v) is 7.44. The Labute approximate surface area is 240 Å². The zero-order valence-corrected chi connectivity index (χ0v) is 22.4. The van der Waals surface area contributed by atoms with Gasteiger partial charge in [-0.3, -0.25) is 4.79 Å². The van der Waals surface area contributed by atoms with E-state index in [1.807, 2.05) is 12.1 Å². The van der Waals surface area contributed by atoms with Crippen molar-refractivity contribution in [3.05, 3.63) is 118 Å². The third-order valence-electron chi connectivity index (χ3n) is 6.43. The molecule has 1 aliphatic rings. The Morgan fingerprint density at radius 2 is 1.45 bits per heavy atom. The molecule has 4 aromatic rings. The van der Waals surface area contributed by atoms with Crippen molar-refractivity contribution in [2.24, 2.45) is 0 Å². The number of halogens is 5. The lowest BCUT2D eigenvalue weighted by Crippen LogP contribution is -2.31. The van der Waals surface area contributed by atoms with Gasteiger partial charge in [-0.15, -0.1) is 0 Å². The third kappa shape index (κ3) is 6.44. The predicted molar refractivity (Wildman–Crippen MR) is 142 cm³/mol. The SMILES string of the molecule is O=C(Nc1ccc([C@H]2O[C@@H](CSc3ncccn3)C[C@@H](c3ccc(CO)cc3)O2)cc1)c1c(F)c(F)c(F)c(F)c1F. The smallest absolute Gasteiger partial charge is 0.261 e. The van der Waals surface area contributed by atoms with Gasteiger partial charge in [0.2, 0.25) is 5.82 Å². The van der Waals surface area contributed by atoms with Gasteiger partial charge in [0.1, 0.15) is 5.56 Å². The summed E-state index contributed by atoms with van der Waals surface area (Å²) in [5, 5.41) is 12.1. The molecule has 0 spiro atoms. The number of aliphatic hydroxyl groups is 1. The first-order chi connectivity index (χ1) is 20.2. The number of nitrogens with zero attached hydrogens (tertiary/aromatic N) is 2. The summed E-state index contributed by atoms with van der Waals surface area (Å²) in [6.07, 6.45) is 2.30. The average molecular weight is 604 g/mol. The van der Waals surface area contributed by atoms with Gasteiger partial charge in [0.05, 0.1) is 18.8 Å². The molecule has 1 aliphatic heterocycles. The molecule has 0 aliphatic carbocycles. The quantitative estimate of drug-likeness (QED) is 0.0808. The minimum atomic E-state index is -2.35. The van der Waals surface area contributed by atoms with Crippen LogP contribution in [0.4, 0.5) is 27.6 Å². The number of amides is 1. The molecule has 0 unspecified atom stereocenters. The number of hydrogen-bond donors (Lipinski definition) is 2. The first-order valence-corrected chi connectivity index (χ1v) is 13.6. The second-order valence-corrected chi connectivity index (χ2v) is 10.2. The molecule has 0 saturated carbocycles. The van der Waals surface area contributed by atoms with Crippen LogP contribution >= 0.6 is 11.8 Å². The molecule has 7 nitrogen and oxygen atoms in total. The molecule has 1 amide bonds. The number of thioether (sulfide) groups is 1. The zero-order valence-electron chi connectivity index (χ0n) is 21.6. The van der Waals surface area contributed by atoms with Gasteiger partial charge in [-0.2, -0.15) is 0 Å². The number of benzene rings is 3. The maximum absolute atomic E-state index is 14.1. The van der Waals surface area contributed by atoms with E-state index in [9.17, 15) is 31.9 Å². The lowest BCUT2D eigenvalue weighted by Gasteiger charge is -2.36. The number of ether oxygens (including phenoxy) is 2. The largest absolute Gasteiger partial charge is 0.392 e. The fourth-order valence-electron chi connectivity index (χ4n) is 4.27. The number of aliphatic hydroxyl groups excluding tert-OH is 1. The predicted octanol–water partition coefficient (Wildman–Crippen LogP) is 6.25. The summed E-state index contributed by atoms with van der Waals surface area (Å²) in [7, 11) is 0. The molecular weight excluding hydrogens is 581 g/mol. The lowest BCUT2D eigenvalue weighted by atomic mass is 10.0. The Morgan fingerprint density at radius 1 is 0.857 bits per heavy atom. The van der Waals surface area contributed by atoms with Crippen LogP contribution in [-0.4, -0.2) is 32.8 Å². The Hall–Kier alpha value is -3.91. The van der Waals surface area contributed by atoms with Crippen molar-refractivity contribution in [2.75, 3.05) is 11.1 Å². The minimum Gasteiger partial charge on any atom is -0.392 e. The highest BCUT2D eigenvalue weighted by atomic mass is 32.2. The van der Waals surface area contributed by atoms with E-state index in [2.05, 4.69) is 15.3 Å². The maximum atomic E-state index is 14.1. The van der Waals surface area contributed by atoms with E-state index < -0.39 is 46.8 Å². The molecule has 5 rings (SSSR count). The van der Waals surface area contributed by atoms with E-state index in [-0.39, 0.29) is 24.5 Å². The fourth-order valence-corrected chi connectivity index (χ4v) is 5.09. The number of aromatic nitrogens is 2. The second-order valence-electron chi connectivity index (χ2n) is 9.21. The van der Waals surface area contributed by atoms with E-state index in [1.54, 1.807) is 42.7 Å². The second kappa shape index (κ2) is 12.9. The van der Waals surface area contributed by atoms with E-state index in [0.717, 1.165) is 11.1 Å². The number of carbonyl (C=O) groups excluding carboxylic acids is 1. The molecule has 13 heteroatoms. The molecule has 1 saturated heterocycles. The topological polar surface area (TPSA) is 93.6 Å². The number of anilines is 1. The lowest BCUT2D eigenvalue weighted by molar-refractivity contribution is -0.245. The van der Waals surface area contributed by atoms with E-state index in [4.69, 9.17) is 9.47 Å². The van der Waals surface area contributed by atoms with Crippen molar-refractivity contribution < 1.29 is 41.3 Å². The Morgan fingerprint density at radius 3 is 2.07 bits per heavy atom. The molecule has 3 aromatic carbocycles. The van der Waals surface area contributed by atoms with E-state index in [1.165, 1.54) is 23.9 Å². The molecule has 2 heterocycles. The van der Waals surface area contributed by atoms with Crippen molar-refractivity contribution in [2.45, 2.75) is 36.7 Å². The van der Waals surface area contributed by atoms with Gasteiger partial charge in [0, 0.05) is 35.8 Å². The van der Waals surface area contributed by atoms with E-state index in [0.29, 0.717) is 22.9 Å². The molecule has 1 aromatic heterocycles. The standard InChI is InChI=1S/C29H22F5N3O4S/c30-22-21(23(31)25(33)26(34)24(22)32)27(39)37-18-8-6-17(7-9-18)28-40-19(14-42-29-35-10-1-11-36-29)12-20(41-28)16-4-2-15(13-38)3-5-16/h1-11,19-20,28,38H,12-14H2,(H,37,39)/t19-,20+,28+/m1/s1. The highest BCUT2D eigenvalue weighted by molar-refractivity contribution is 7.99. The summed E-state index contributed by atoms with van der Waals surface area (Å²) >= 11 is 1.42. The van der Waals surface area contributed by atoms with Gasteiger partial charge in [-0.1, -0.05) is 48.2 Å². The summed E-state index contributed by atoms with van der Waals surface area (Å²) < 4.78 is 81.0. The van der Waals surface area contributed by atoms with Crippen LogP contribution in [0, 0.1) is 29.1 Å². The van der Waals surface area contributed by atoms with Crippen LogP contribution in [0.15, 0.2) is 72.1 Å². The molecule has 0 bridgehead atoms. The van der Waals surface area contributed by atoms with Crippen LogP contribution in [0.3, 0.4) is 0 Å². The van der Waals surface area contributed by atoms with Crippen molar-refractivity contribution in [1.29, 1.82) is 0 Å². The summed E-state index contributed by atoms with van der Waals surface area (Å²) in [6.45, 7) is -0.0961. The van der Waals surface area contributed by atoms with Gasteiger partial charge in [0.25, 0.3) is 5.91 Å². The van der Waals surface area contributed by atoms with Crippen LogP contribution < -0.4 is 5.32 Å². The molecule has 3 atom stereocenters. The van der Waals surface area contributed by atoms with Crippen molar-refractivity contribution >= 4 is 23.4 Å². The number of rotatable bonds is 8. The molecule has 0 radical (unpaired) electrons. The number of hydrogen-bond acceptors (Lipinski definition) is 7. The monoisotopic (exact) mass is 603 g/mol. The average Bonchev–Trinajstić information content (AvgIpc) is 3.02. The van der Waals surface area contributed by atoms with Gasteiger partial charge in [0.15, 0.2) is 34.7 Å². The normalized spacial score (nSPS) is 18.6.